The average Bonchev–Trinajstić information content (AvgIpc) is 3.17. The highest BCUT2D eigenvalue weighted by Crippen LogP contribution is 2.32. The van der Waals surface area contributed by atoms with Crippen LogP contribution in [-0.4, -0.2) is 27.6 Å². The van der Waals surface area contributed by atoms with Crippen LogP contribution < -0.4 is 4.90 Å². The first-order valence-electron chi connectivity index (χ1n) is 7.42. The van der Waals surface area contributed by atoms with E-state index < -0.39 is 0 Å². The number of hydrogen-bond donors (Lipinski definition) is 0. The number of imide groups is 1. The molecule has 0 saturated carbocycles. The van der Waals surface area contributed by atoms with Crippen molar-refractivity contribution in [2.75, 3.05) is 4.90 Å². The summed E-state index contributed by atoms with van der Waals surface area (Å²) < 4.78 is 5.39. The molecule has 0 spiro atoms. The van der Waals surface area contributed by atoms with E-state index in [2.05, 4.69) is 9.97 Å². The van der Waals surface area contributed by atoms with Gasteiger partial charge < -0.3 is 4.42 Å². The van der Waals surface area contributed by atoms with E-state index in [0.717, 1.165) is 10.7 Å². The van der Waals surface area contributed by atoms with Crippen LogP contribution in [0.1, 0.15) is 47.0 Å². The van der Waals surface area contributed by atoms with Crippen LogP contribution in [-0.2, 0) is 16.0 Å². The summed E-state index contributed by atoms with van der Waals surface area (Å²) in [6, 6.07) is 3.61. The number of hydrogen-bond acceptors (Lipinski definition) is 6. The van der Waals surface area contributed by atoms with Crippen molar-refractivity contribution in [1.29, 1.82) is 0 Å². The van der Waals surface area contributed by atoms with Crippen LogP contribution in [0.15, 0.2) is 29.0 Å². The molecule has 0 radical (unpaired) electrons. The topological polar surface area (TPSA) is 93.4 Å². The number of amides is 2. The Morgan fingerprint density at radius 2 is 1.91 bits per heavy atom. The Morgan fingerprint density at radius 1 is 1.13 bits per heavy atom. The molecule has 2 aromatic rings. The third kappa shape index (κ3) is 2.25. The van der Waals surface area contributed by atoms with Crippen molar-refractivity contribution in [3.63, 3.8) is 0 Å². The summed E-state index contributed by atoms with van der Waals surface area (Å²) in [7, 11) is 0. The molecule has 2 aromatic heterocycles. The van der Waals surface area contributed by atoms with E-state index in [-0.39, 0.29) is 42.3 Å². The summed E-state index contributed by atoms with van der Waals surface area (Å²) in [5, 5.41) is 0. The second-order valence-corrected chi connectivity index (χ2v) is 5.70. The third-order valence-corrected chi connectivity index (χ3v) is 4.22. The summed E-state index contributed by atoms with van der Waals surface area (Å²) >= 11 is 0. The third-order valence-electron chi connectivity index (χ3n) is 4.22. The van der Waals surface area contributed by atoms with Crippen molar-refractivity contribution >= 4 is 23.5 Å². The number of Topliss-reactive ketones (excluding diaryl/α,β-unsaturated/α-hetero) is 1. The highest BCUT2D eigenvalue weighted by Gasteiger charge is 2.35. The Morgan fingerprint density at radius 3 is 2.61 bits per heavy atom. The largest absolute Gasteiger partial charge is 0.469 e. The maximum absolute atomic E-state index is 12.3. The van der Waals surface area contributed by atoms with Gasteiger partial charge in [-0.05, 0) is 12.1 Å². The first-order valence-corrected chi connectivity index (χ1v) is 7.42. The zero-order valence-corrected chi connectivity index (χ0v) is 12.2. The molecular weight excluding hydrogens is 298 g/mol. The van der Waals surface area contributed by atoms with Gasteiger partial charge in [0.25, 0.3) is 0 Å². The lowest BCUT2D eigenvalue weighted by Gasteiger charge is -2.22. The number of ketones is 1. The molecular formula is C16H13N3O4. The van der Waals surface area contributed by atoms with E-state index in [1.165, 1.54) is 6.20 Å². The number of nitrogens with zero attached hydrogens (tertiary/aromatic N) is 3. The predicted molar refractivity (Wildman–Crippen MR) is 77.9 cm³/mol. The molecule has 1 aliphatic heterocycles. The molecule has 1 atom stereocenters. The Kier molecular flexibility index (Phi) is 3.07. The fraction of sp³-hybridized carbons (Fsp3) is 0.312. The molecule has 4 rings (SSSR count). The number of fused-ring (bicyclic) bond motifs is 1. The van der Waals surface area contributed by atoms with E-state index >= 15 is 0 Å². The smallest absolute Gasteiger partial charge is 0.239 e. The quantitative estimate of drug-likeness (QED) is 0.783. The highest BCUT2D eigenvalue weighted by atomic mass is 16.3. The summed E-state index contributed by atoms with van der Waals surface area (Å²) in [4.78, 5) is 45.3. The van der Waals surface area contributed by atoms with Crippen molar-refractivity contribution in [2.45, 2.75) is 31.6 Å². The SMILES string of the molecule is O=C1C[C@H](c2ccco2)Cc2nc(N3C(=O)CCC3=O)ncc21. The first-order chi connectivity index (χ1) is 11.1. The normalized spacial score (nSPS) is 21.0. The molecule has 2 aliphatic rings. The minimum atomic E-state index is -0.306. The number of aromatic nitrogens is 2. The van der Waals surface area contributed by atoms with E-state index in [1.807, 2.05) is 6.07 Å². The molecule has 2 amide bonds. The maximum Gasteiger partial charge on any atom is 0.239 e. The number of rotatable bonds is 2. The number of anilines is 1. The van der Waals surface area contributed by atoms with Gasteiger partial charge in [0.05, 0.1) is 17.5 Å². The molecule has 0 N–H and O–H groups in total. The van der Waals surface area contributed by atoms with Crippen molar-refractivity contribution < 1.29 is 18.8 Å². The summed E-state index contributed by atoms with van der Waals surface area (Å²) in [6.07, 6.45) is 4.19. The van der Waals surface area contributed by atoms with Crippen LogP contribution in [0.4, 0.5) is 5.95 Å². The van der Waals surface area contributed by atoms with Crippen LogP contribution in [0.3, 0.4) is 0 Å². The van der Waals surface area contributed by atoms with Crippen LogP contribution in [0.2, 0.25) is 0 Å². The zero-order valence-electron chi connectivity index (χ0n) is 12.2. The monoisotopic (exact) mass is 311 g/mol. The maximum atomic E-state index is 12.3. The molecule has 0 unspecified atom stereocenters. The van der Waals surface area contributed by atoms with Crippen molar-refractivity contribution in [2.24, 2.45) is 0 Å². The first kappa shape index (κ1) is 13.8. The lowest BCUT2D eigenvalue weighted by molar-refractivity contribution is -0.121. The highest BCUT2D eigenvalue weighted by molar-refractivity contribution is 6.18. The Hall–Kier alpha value is -2.83. The number of carbonyl (C=O) groups is 3. The predicted octanol–water partition coefficient (Wildman–Crippen LogP) is 1.64. The van der Waals surface area contributed by atoms with Gasteiger partial charge in [-0.2, -0.15) is 0 Å². The van der Waals surface area contributed by atoms with Crippen molar-refractivity contribution in [1.82, 2.24) is 9.97 Å². The van der Waals surface area contributed by atoms with E-state index in [9.17, 15) is 14.4 Å². The minimum Gasteiger partial charge on any atom is -0.469 e. The second kappa shape index (κ2) is 5.12. The van der Waals surface area contributed by atoms with Gasteiger partial charge in [0, 0.05) is 37.8 Å². The summed E-state index contributed by atoms with van der Waals surface area (Å²) in [5.41, 5.74) is 1.01. The summed E-state index contributed by atoms with van der Waals surface area (Å²) in [6.45, 7) is 0. The fourth-order valence-electron chi connectivity index (χ4n) is 3.07. The van der Waals surface area contributed by atoms with Gasteiger partial charge in [-0.1, -0.05) is 0 Å². The Bertz CT molecular complexity index is 797. The van der Waals surface area contributed by atoms with Crippen LogP contribution in [0.5, 0.6) is 0 Å². The second-order valence-electron chi connectivity index (χ2n) is 5.70. The van der Waals surface area contributed by atoms with Gasteiger partial charge >= 0.3 is 0 Å². The fourth-order valence-corrected chi connectivity index (χ4v) is 3.07. The van der Waals surface area contributed by atoms with Gasteiger partial charge in [-0.3, -0.25) is 14.4 Å². The van der Waals surface area contributed by atoms with E-state index in [0.29, 0.717) is 24.1 Å². The molecule has 1 fully saturated rings. The number of furan rings is 1. The lowest BCUT2D eigenvalue weighted by atomic mass is 9.85. The Balaban J connectivity index is 1.71. The van der Waals surface area contributed by atoms with Crippen LogP contribution in [0, 0.1) is 0 Å². The molecule has 7 heteroatoms. The standard InChI is InChI=1S/C16H13N3O4/c20-12-7-9(13-2-1-5-23-13)6-11-10(12)8-17-16(18-11)19-14(21)3-4-15(19)22/h1-2,5,8-9H,3-4,6-7H2/t9-/m1/s1. The van der Waals surface area contributed by atoms with Gasteiger partial charge in [-0.15, -0.1) is 0 Å². The van der Waals surface area contributed by atoms with E-state index in [4.69, 9.17) is 4.42 Å². The summed E-state index contributed by atoms with van der Waals surface area (Å²) in [5.74, 6) is 0.0389. The van der Waals surface area contributed by atoms with Gasteiger partial charge in [-0.25, -0.2) is 14.9 Å². The number of carbonyl (C=O) groups excluding carboxylic acids is 3. The van der Waals surface area contributed by atoms with Crippen molar-refractivity contribution in [3.8, 4) is 0 Å². The van der Waals surface area contributed by atoms with Gasteiger partial charge in [0.1, 0.15) is 5.76 Å². The molecule has 1 aliphatic carbocycles. The van der Waals surface area contributed by atoms with Gasteiger partial charge in [0.2, 0.25) is 17.8 Å². The Labute approximate surface area is 131 Å². The van der Waals surface area contributed by atoms with Gasteiger partial charge in [0.15, 0.2) is 5.78 Å². The van der Waals surface area contributed by atoms with E-state index in [1.54, 1.807) is 12.3 Å². The van der Waals surface area contributed by atoms with Crippen LogP contribution >= 0.6 is 0 Å². The zero-order chi connectivity index (χ0) is 16.0. The molecule has 23 heavy (non-hydrogen) atoms. The minimum absolute atomic E-state index is 0.0572. The van der Waals surface area contributed by atoms with Crippen molar-refractivity contribution in [3.05, 3.63) is 41.6 Å². The molecule has 116 valence electrons. The van der Waals surface area contributed by atoms with Crippen LogP contribution in [0.25, 0.3) is 0 Å². The molecule has 0 bridgehead atoms. The molecule has 0 aromatic carbocycles. The molecule has 3 heterocycles. The lowest BCUT2D eigenvalue weighted by Crippen LogP contribution is -2.31. The molecule has 7 nitrogen and oxygen atoms in total. The average molecular weight is 311 g/mol. The molecule has 1 saturated heterocycles.